The Bertz CT molecular complexity index is 1060. The maximum absolute atomic E-state index is 13.4. The van der Waals surface area contributed by atoms with Gasteiger partial charge in [-0.1, -0.05) is 36.8 Å². The number of benzene rings is 2. The molecule has 0 fully saturated rings. The van der Waals surface area contributed by atoms with E-state index in [1.165, 1.54) is 4.31 Å². The fraction of sp³-hybridized carbons (Fsp3) is 0.458. The van der Waals surface area contributed by atoms with Crippen LogP contribution >= 0.6 is 0 Å². The second kappa shape index (κ2) is 8.54. The standard InChI is InChI=1S/C24H32N2O4S/c1-7-21(26(31(6,28)29)18-11-8-16(2)9-12-18)23(27)25-20-15-24(4,5)30-22-14-17(3)10-13-19(20)22/h8-14,20-21H,7,15H2,1-6H3,(H,25,27)/t20-,21+/m0/s1. The lowest BCUT2D eigenvalue weighted by atomic mass is 9.89. The number of sulfonamides is 1. The molecule has 1 N–H and O–H groups in total. The van der Waals surface area contributed by atoms with Gasteiger partial charge < -0.3 is 10.1 Å². The van der Waals surface area contributed by atoms with Crippen molar-refractivity contribution in [3.63, 3.8) is 0 Å². The highest BCUT2D eigenvalue weighted by Crippen LogP contribution is 2.40. The molecule has 1 aliphatic heterocycles. The molecule has 1 heterocycles. The number of hydrogen-bond acceptors (Lipinski definition) is 4. The second-order valence-electron chi connectivity index (χ2n) is 8.99. The van der Waals surface area contributed by atoms with Crippen molar-refractivity contribution in [1.82, 2.24) is 5.32 Å². The van der Waals surface area contributed by atoms with Crippen LogP contribution in [0.2, 0.25) is 0 Å². The van der Waals surface area contributed by atoms with Crippen LogP contribution in [0.25, 0.3) is 0 Å². The van der Waals surface area contributed by atoms with Gasteiger partial charge in [0.2, 0.25) is 15.9 Å². The molecule has 168 valence electrons. The van der Waals surface area contributed by atoms with Crippen molar-refractivity contribution in [2.24, 2.45) is 0 Å². The summed E-state index contributed by atoms with van der Waals surface area (Å²) in [6.07, 6.45) is 2.08. The molecule has 0 aromatic heterocycles. The van der Waals surface area contributed by atoms with Gasteiger partial charge in [0, 0.05) is 12.0 Å². The zero-order chi connectivity index (χ0) is 23.0. The molecular formula is C24H32N2O4S. The van der Waals surface area contributed by atoms with Crippen LogP contribution < -0.4 is 14.4 Å². The SMILES string of the molecule is CC[C@H](C(=O)N[C@H]1CC(C)(C)Oc2cc(C)ccc21)N(c1ccc(C)cc1)S(C)(=O)=O. The first-order chi connectivity index (χ1) is 14.4. The summed E-state index contributed by atoms with van der Waals surface area (Å²) in [5, 5.41) is 3.11. The van der Waals surface area contributed by atoms with Crippen LogP contribution in [0.3, 0.4) is 0 Å². The highest BCUT2D eigenvalue weighted by molar-refractivity contribution is 7.92. The third-order valence-corrected chi connectivity index (χ3v) is 6.74. The Morgan fingerprint density at radius 3 is 2.35 bits per heavy atom. The highest BCUT2D eigenvalue weighted by Gasteiger charge is 2.37. The molecule has 0 saturated carbocycles. The first-order valence-corrected chi connectivity index (χ1v) is 12.4. The summed E-state index contributed by atoms with van der Waals surface area (Å²) in [5.41, 5.74) is 3.04. The minimum atomic E-state index is -3.67. The van der Waals surface area contributed by atoms with Gasteiger partial charge in [-0.05, 0) is 57.9 Å². The molecule has 2 aromatic rings. The largest absolute Gasteiger partial charge is 0.487 e. The topological polar surface area (TPSA) is 75.7 Å². The van der Waals surface area contributed by atoms with E-state index >= 15 is 0 Å². The number of carbonyl (C=O) groups is 1. The second-order valence-corrected chi connectivity index (χ2v) is 10.8. The van der Waals surface area contributed by atoms with Crippen LogP contribution in [0, 0.1) is 13.8 Å². The number of carbonyl (C=O) groups excluding carboxylic acids is 1. The van der Waals surface area contributed by atoms with E-state index in [1.807, 2.05) is 65.0 Å². The van der Waals surface area contributed by atoms with Crippen LogP contribution in [-0.4, -0.2) is 32.2 Å². The van der Waals surface area contributed by atoms with E-state index in [4.69, 9.17) is 4.74 Å². The van der Waals surface area contributed by atoms with Crippen LogP contribution in [0.5, 0.6) is 5.75 Å². The van der Waals surface area contributed by atoms with Crippen molar-refractivity contribution in [3.05, 3.63) is 59.2 Å². The number of fused-ring (bicyclic) bond motifs is 1. The van der Waals surface area contributed by atoms with E-state index < -0.39 is 21.7 Å². The van der Waals surface area contributed by atoms with Gasteiger partial charge in [-0.15, -0.1) is 0 Å². The molecule has 0 aliphatic carbocycles. The summed E-state index contributed by atoms with van der Waals surface area (Å²) < 4.78 is 32.7. The summed E-state index contributed by atoms with van der Waals surface area (Å²) in [6.45, 7) is 9.73. The quantitative estimate of drug-likeness (QED) is 0.722. The lowest BCUT2D eigenvalue weighted by Gasteiger charge is -2.39. The zero-order valence-corrected chi connectivity index (χ0v) is 19.9. The molecule has 1 amide bonds. The van der Waals surface area contributed by atoms with Gasteiger partial charge in [0.15, 0.2) is 0 Å². The average molecular weight is 445 g/mol. The molecule has 6 nitrogen and oxygen atoms in total. The third-order valence-electron chi connectivity index (χ3n) is 5.56. The normalized spacial score (nSPS) is 18.5. The average Bonchev–Trinajstić information content (AvgIpc) is 2.64. The first kappa shape index (κ1) is 23.1. The van der Waals surface area contributed by atoms with Gasteiger partial charge in [-0.2, -0.15) is 0 Å². The molecule has 0 spiro atoms. The van der Waals surface area contributed by atoms with E-state index in [-0.39, 0.29) is 11.9 Å². The van der Waals surface area contributed by atoms with Gasteiger partial charge in [0.05, 0.1) is 18.0 Å². The molecule has 2 aromatic carbocycles. The van der Waals surface area contributed by atoms with Crippen molar-refractivity contribution in [1.29, 1.82) is 0 Å². The number of anilines is 1. The predicted molar refractivity (Wildman–Crippen MR) is 124 cm³/mol. The molecule has 2 atom stereocenters. The zero-order valence-electron chi connectivity index (χ0n) is 19.1. The Labute approximate surface area is 185 Å². The van der Waals surface area contributed by atoms with Crippen molar-refractivity contribution >= 4 is 21.6 Å². The maximum Gasteiger partial charge on any atom is 0.244 e. The molecule has 0 unspecified atom stereocenters. The molecule has 1 aliphatic rings. The number of hydrogen-bond donors (Lipinski definition) is 1. The molecule has 0 radical (unpaired) electrons. The maximum atomic E-state index is 13.4. The molecule has 31 heavy (non-hydrogen) atoms. The van der Waals surface area contributed by atoms with Crippen LogP contribution in [0.1, 0.15) is 56.3 Å². The van der Waals surface area contributed by atoms with Gasteiger partial charge in [0.25, 0.3) is 0 Å². The number of ether oxygens (including phenoxy) is 1. The summed E-state index contributed by atoms with van der Waals surface area (Å²) in [5.74, 6) is 0.441. The fourth-order valence-corrected chi connectivity index (χ4v) is 5.32. The minimum absolute atomic E-state index is 0.264. The summed E-state index contributed by atoms with van der Waals surface area (Å²) >= 11 is 0. The predicted octanol–water partition coefficient (Wildman–Crippen LogP) is 4.27. The van der Waals surface area contributed by atoms with Gasteiger partial charge in [-0.25, -0.2) is 8.42 Å². The highest BCUT2D eigenvalue weighted by atomic mass is 32.2. The van der Waals surface area contributed by atoms with Gasteiger partial charge >= 0.3 is 0 Å². The van der Waals surface area contributed by atoms with E-state index in [2.05, 4.69) is 5.32 Å². The van der Waals surface area contributed by atoms with Gasteiger partial charge in [-0.3, -0.25) is 9.10 Å². The molecule has 3 rings (SSSR count). The summed E-state index contributed by atoms with van der Waals surface area (Å²) in [7, 11) is -3.67. The van der Waals surface area contributed by atoms with Crippen LogP contribution in [0.4, 0.5) is 5.69 Å². The van der Waals surface area contributed by atoms with E-state index in [1.54, 1.807) is 12.1 Å². The monoisotopic (exact) mass is 444 g/mol. The Morgan fingerprint density at radius 2 is 1.77 bits per heavy atom. The van der Waals surface area contributed by atoms with Crippen molar-refractivity contribution in [2.75, 3.05) is 10.6 Å². The number of amides is 1. The van der Waals surface area contributed by atoms with Gasteiger partial charge in [0.1, 0.15) is 17.4 Å². The Balaban J connectivity index is 1.94. The van der Waals surface area contributed by atoms with E-state index in [0.29, 0.717) is 18.5 Å². The van der Waals surface area contributed by atoms with Crippen LogP contribution in [-0.2, 0) is 14.8 Å². The molecular weight excluding hydrogens is 412 g/mol. The number of nitrogens with zero attached hydrogens (tertiary/aromatic N) is 1. The Hall–Kier alpha value is -2.54. The first-order valence-electron chi connectivity index (χ1n) is 10.6. The smallest absolute Gasteiger partial charge is 0.244 e. The van der Waals surface area contributed by atoms with E-state index in [9.17, 15) is 13.2 Å². The number of rotatable bonds is 6. The molecule has 7 heteroatoms. The summed E-state index contributed by atoms with van der Waals surface area (Å²) in [4.78, 5) is 13.4. The molecule has 0 bridgehead atoms. The Morgan fingerprint density at radius 1 is 1.16 bits per heavy atom. The van der Waals surface area contributed by atoms with Crippen molar-refractivity contribution < 1.29 is 17.9 Å². The van der Waals surface area contributed by atoms with Crippen LogP contribution in [0.15, 0.2) is 42.5 Å². The minimum Gasteiger partial charge on any atom is -0.487 e. The number of aryl methyl sites for hydroxylation is 2. The third kappa shape index (κ3) is 5.21. The van der Waals surface area contributed by atoms with Crippen molar-refractivity contribution in [2.45, 2.75) is 65.1 Å². The number of nitrogens with one attached hydrogen (secondary N) is 1. The fourth-order valence-electron chi connectivity index (χ4n) is 4.11. The van der Waals surface area contributed by atoms with E-state index in [0.717, 1.165) is 28.7 Å². The van der Waals surface area contributed by atoms with Crippen molar-refractivity contribution in [3.8, 4) is 5.75 Å². The summed E-state index contributed by atoms with van der Waals surface area (Å²) in [6, 6.07) is 12.0. The lowest BCUT2D eigenvalue weighted by Crippen LogP contribution is -2.51. The Kier molecular flexibility index (Phi) is 6.37. The molecule has 0 saturated heterocycles. The lowest BCUT2D eigenvalue weighted by molar-refractivity contribution is -0.123.